The molecule has 166 valence electrons. The lowest BCUT2D eigenvalue weighted by Gasteiger charge is -2.35. The van der Waals surface area contributed by atoms with Gasteiger partial charge in [0, 0.05) is 12.5 Å². The van der Waals surface area contributed by atoms with Crippen molar-refractivity contribution in [2.24, 2.45) is 0 Å². The number of fused-ring (bicyclic) bond motifs is 1. The molecule has 5 rings (SSSR count). The maximum atomic E-state index is 6.42. The molecule has 0 aliphatic carbocycles. The van der Waals surface area contributed by atoms with Gasteiger partial charge in [0.25, 0.3) is 0 Å². The van der Waals surface area contributed by atoms with Crippen molar-refractivity contribution < 1.29 is 14.2 Å². The third kappa shape index (κ3) is 4.52. The van der Waals surface area contributed by atoms with Crippen LogP contribution in [0.5, 0.6) is 11.5 Å². The van der Waals surface area contributed by atoms with Crippen LogP contribution < -0.4 is 9.47 Å². The molecule has 3 aromatic carbocycles. The molecule has 2 aliphatic rings. The summed E-state index contributed by atoms with van der Waals surface area (Å²) in [5, 5.41) is 0. The molecule has 2 heterocycles. The largest absolute Gasteiger partial charge is 0.497 e. The number of hydrogen-bond donors (Lipinski definition) is 0. The minimum Gasteiger partial charge on any atom is -0.497 e. The first kappa shape index (κ1) is 21.0. The minimum absolute atomic E-state index is 0.0287. The van der Waals surface area contributed by atoms with E-state index in [-0.39, 0.29) is 12.0 Å². The second kappa shape index (κ2) is 9.76. The van der Waals surface area contributed by atoms with E-state index < -0.39 is 0 Å². The van der Waals surface area contributed by atoms with Crippen molar-refractivity contribution in [3.63, 3.8) is 0 Å². The van der Waals surface area contributed by atoms with Crippen LogP contribution in [0.2, 0.25) is 0 Å². The summed E-state index contributed by atoms with van der Waals surface area (Å²) in [4.78, 5) is 2.48. The molecule has 4 nitrogen and oxygen atoms in total. The molecule has 1 saturated heterocycles. The Balaban J connectivity index is 1.39. The van der Waals surface area contributed by atoms with Gasteiger partial charge in [-0.1, -0.05) is 48.5 Å². The Morgan fingerprint density at radius 2 is 1.62 bits per heavy atom. The van der Waals surface area contributed by atoms with Crippen LogP contribution >= 0.6 is 0 Å². The van der Waals surface area contributed by atoms with Gasteiger partial charge in [0.15, 0.2) is 0 Å². The number of rotatable bonds is 7. The summed E-state index contributed by atoms with van der Waals surface area (Å²) >= 11 is 0. The Kier molecular flexibility index (Phi) is 6.42. The number of methoxy groups -OCH3 is 1. The maximum Gasteiger partial charge on any atom is 0.119 e. The standard InChI is InChI=1S/C28H31NO3/c1-30-25-13-14-26-23(19-25)20-32-28(22-7-3-2-4-8-22)27(26)21-9-11-24(12-10-21)31-18-17-29-15-5-6-16-29/h2-4,7-14,19,27-28H,5-6,15-18,20H2,1H3. The van der Waals surface area contributed by atoms with E-state index in [0.717, 1.165) is 24.7 Å². The average Bonchev–Trinajstić information content (AvgIpc) is 3.37. The van der Waals surface area contributed by atoms with Gasteiger partial charge < -0.3 is 14.2 Å². The summed E-state index contributed by atoms with van der Waals surface area (Å²) in [5.41, 5.74) is 4.92. The van der Waals surface area contributed by atoms with Gasteiger partial charge in [-0.2, -0.15) is 0 Å². The van der Waals surface area contributed by atoms with Crippen LogP contribution in [0.1, 0.15) is 47.1 Å². The predicted octanol–water partition coefficient (Wildman–Crippen LogP) is 5.57. The molecule has 2 unspecified atom stereocenters. The SMILES string of the molecule is COc1ccc2c(c1)COC(c1ccccc1)C2c1ccc(OCCN2CCCC2)cc1. The van der Waals surface area contributed by atoms with Gasteiger partial charge in [-0.05, 0) is 72.5 Å². The quantitative estimate of drug-likeness (QED) is 0.491. The Morgan fingerprint density at radius 1 is 0.875 bits per heavy atom. The Bertz CT molecular complexity index is 1010. The molecule has 3 aromatic rings. The molecule has 0 radical (unpaired) electrons. The highest BCUT2D eigenvalue weighted by molar-refractivity contribution is 5.46. The molecule has 0 N–H and O–H groups in total. The number of nitrogens with zero attached hydrogens (tertiary/aromatic N) is 1. The Morgan fingerprint density at radius 3 is 2.38 bits per heavy atom. The zero-order chi connectivity index (χ0) is 21.8. The van der Waals surface area contributed by atoms with E-state index in [2.05, 4.69) is 77.7 Å². The highest BCUT2D eigenvalue weighted by atomic mass is 16.5. The Hall–Kier alpha value is -2.82. The topological polar surface area (TPSA) is 30.9 Å². The molecule has 0 bridgehead atoms. The van der Waals surface area contributed by atoms with Crippen LogP contribution in [-0.4, -0.2) is 38.3 Å². The van der Waals surface area contributed by atoms with E-state index >= 15 is 0 Å². The van der Waals surface area contributed by atoms with Crippen molar-refractivity contribution in [2.45, 2.75) is 31.5 Å². The maximum absolute atomic E-state index is 6.42. The van der Waals surface area contributed by atoms with Crippen LogP contribution in [0.3, 0.4) is 0 Å². The van der Waals surface area contributed by atoms with Gasteiger partial charge in [0.1, 0.15) is 18.1 Å². The van der Waals surface area contributed by atoms with Gasteiger partial charge in [0.2, 0.25) is 0 Å². The van der Waals surface area contributed by atoms with E-state index in [0.29, 0.717) is 6.61 Å². The van der Waals surface area contributed by atoms with Crippen molar-refractivity contribution in [1.29, 1.82) is 0 Å². The van der Waals surface area contributed by atoms with E-state index in [9.17, 15) is 0 Å². The first-order chi connectivity index (χ1) is 15.8. The number of likely N-dealkylation sites (tertiary alicyclic amines) is 1. The lowest BCUT2D eigenvalue weighted by atomic mass is 9.80. The van der Waals surface area contributed by atoms with Gasteiger partial charge in [-0.25, -0.2) is 0 Å². The predicted molar refractivity (Wildman–Crippen MR) is 126 cm³/mol. The van der Waals surface area contributed by atoms with Crippen LogP contribution in [-0.2, 0) is 11.3 Å². The first-order valence-corrected chi connectivity index (χ1v) is 11.6. The molecular formula is C28H31NO3. The van der Waals surface area contributed by atoms with Crippen molar-refractivity contribution in [3.8, 4) is 11.5 Å². The van der Waals surface area contributed by atoms with Gasteiger partial charge in [-0.15, -0.1) is 0 Å². The van der Waals surface area contributed by atoms with E-state index in [1.165, 1.54) is 48.2 Å². The molecular weight excluding hydrogens is 398 g/mol. The van der Waals surface area contributed by atoms with Crippen LogP contribution in [0.25, 0.3) is 0 Å². The molecule has 4 heteroatoms. The average molecular weight is 430 g/mol. The van der Waals surface area contributed by atoms with E-state index in [1.54, 1.807) is 7.11 Å². The second-order valence-electron chi connectivity index (χ2n) is 8.65. The lowest BCUT2D eigenvalue weighted by molar-refractivity contribution is 0.0148. The third-order valence-electron chi connectivity index (χ3n) is 6.65. The minimum atomic E-state index is -0.0287. The normalized spacial score (nSPS) is 20.7. The summed E-state index contributed by atoms with van der Waals surface area (Å²) in [7, 11) is 1.71. The van der Waals surface area contributed by atoms with E-state index in [1.807, 2.05) is 0 Å². The molecule has 0 spiro atoms. The zero-order valence-electron chi connectivity index (χ0n) is 18.7. The van der Waals surface area contributed by atoms with Crippen molar-refractivity contribution in [1.82, 2.24) is 4.90 Å². The molecule has 2 aliphatic heterocycles. The van der Waals surface area contributed by atoms with E-state index in [4.69, 9.17) is 14.2 Å². The van der Waals surface area contributed by atoms with Crippen LogP contribution in [0.15, 0.2) is 72.8 Å². The highest BCUT2D eigenvalue weighted by Gasteiger charge is 2.33. The van der Waals surface area contributed by atoms with Crippen molar-refractivity contribution in [3.05, 3.63) is 95.1 Å². The Labute approximate surface area is 190 Å². The summed E-state index contributed by atoms with van der Waals surface area (Å²) in [6.07, 6.45) is 2.60. The number of hydrogen-bond acceptors (Lipinski definition) is 4. The van der Waals surface area contributed by atoms with Gasteiger partial charge >= 0.3 is 0 Å². The molecule has 0 aromatic heterocycles. The number of ether oxygens (including phenoxy) is 3. The first-order valence-electron chi connectivity index (χ1n) is 11.6. The number of benzene rings is 3. The van der Waals surface area contributed by atoms with Gasteiger partial charge in [0.05, 0.1) is 19.8 Å². The third-order valence-corrected chi connectivity index (χ3v) is 6.65. The summed E-state index contributed by atoms with van der Waals surface area (Å²) in [6.45, 7) is 4.73. The highest BCUT2D eigenvalue weighted by Crippen LogP contribution is 2.45. The lowest BCUT2D eigenvalue weighted by Crippen LogP contribution is -2.25. The molecule has 0 amide bonds. The monoisotopic (exact) mass is 429 g/mol. The zero-order valence-corrected chi connectivity index (χ0v) is 18.7. The summed E-state index contributed by atoms with van der Waals surface area (Å²) < 4.78 is 17.9. The fourth-order valence-corrected chi connectivity index (χ4v) is 4.93. The smallest absolute Gasteiger partial charge is 0.119 e. The van der Waals surface area contributed by atoms with Crippen molar-refractivity contribution in [2.75, 3.05) is 33.4 Å². The summed E-state index contributed by atoms with van der Waals surface area (Å²) in [6, 6.07) is 25.4. The van der Waals surface area contributed by atoms with Crippen LogP contribution in [0, 0.1) is 0 Å². The fourth-order valence-electron chi connectivity index (χ4n) is 4.93. The van der Waals surface area contributed by atoms with Crippen molar-refractivity contribution >= 4 is 0 Å². The fraction of sp³-hybridized carbons (Fsp3) is 0.357. The second-order valence-corrected chi connectivity index (χ2v) is 8.65. The molecule has 1 fully saturated rings. The van der Waals surface area contributed by atoms with Crippen LogP contribution in [0.4, 0.5) is 0 Å². The molecule has 2 atom stereocenters. The molecule has 0 saturated carbocycles. The molecule has 32 heavy (non-hydrogen) atoms. The van der Waals surface area contributed by atoms with Gasteiger partial charge in [-0.3, -0.25) is 4.90 Å². The summed E-state index contributed by atoms with van der Waals surface area (Å²) in [5.74, 6) is 1.91.